The van der Waals surface area contributed by atoms with Crippen LogP contribution in [0.1, 0.15) is 39.7 Å². The second-order valence-corrected chi connectivity index (χ2v) is 11.0. The molecule has 1 saturated heterocycles. The summed E-state index contributed by atoms with van der Waals surface area (Å²) in [5.74, 6) is -3.26. The number of benzene rings is 1. The molecule has 37 heavy (non-hydrogen) atoms. The highest BCUT2D eigenvalue weighted by Gasteiger charge is 2.68. The van der Waals surface area contributed by atoms with Crippen LogP contribution in [0.4, 0.5) is 0 Å². The van der Waals surface area contributed by atoms with Crippen LogP contribution in [0.2, 0.25) is 0 Å². The third-order valence-electron chi connectivity index (χ3n) is 8.53. The second kappa shape index (κ2) is 10.0. The number of hydrogen-bond acceptors (Lipinski definition) is 6. The largest absolute Gasteiger partial charge is 0.457 e. The molecule has 2 aliphatic carbocycles. The van der Waals surface area contributed by atoms with Gasteiger partial charge in [-0.25, -0.2) is 0 Å². The van der Waals surface area contributed by atoms with Gasteiger partial charge in [0.25, 0.3) is 0 Å². The second-order valence-electron chi connectivity index (χ2n) is 11.0. The van der Waals surface area contributed by atoms with E-state index in [9.17, 15) is 24.6 Å². The van der Waals surface area contributed by atoms with Crippen LogP contribution in [-0.2, 0) is 25.5 Å². The third kappa shape index (κ3) is 4.59. The zero-order chi connectivity index (χ0) is 27.1. The molecule has 2 fully saturated rings. The molecular weight excluding hydrogens is 470 g/mol. The van der Waals surface area contributed by atoms with Gasteiger partial charge in [0, 0.05) is 30.7 Å². The number of rotatable bonds is 3. The Morgan fingerprint density at radius 3 is 2.51 bits per heavy atom. The molecule has 1 saturated carbocycles. The number of nitrogens with one attached hydrogen (secondary N) is 1. The lowest BCUT2D eigenvalue weighted by atomic mass is 9.51. The number of ether oxygens (including phenoxy) is 1. The number of aliphatic hydroxyl groups excluding tert-OH is 1. The minimum atomic E-state index is -1.82. The average Bonchev–Trinajstić information content (AvgIpc) is 3.13. The first-order valence-electron chi connectivity index (χ1n) is 12.9. The summed E-state index contributed by atoms with van der Waals surface area (Å²) in [4.78, 5) is 39.5. The lowest BCUT2D eigenvalue weighted by Gasteiger charge is -2.52. The molecule has 3 aliphatic rings. The van der Waals surface area contributed by atoms with E-state index in [-0.39, 0.29) is 23.7 Å². The van der Waals surface area contributed by atoms with Crippen molar-refractivity contribution in [1.82, 2.24) is 5.32 Å². The summed E-state index contributed by atoms with van der Waals surface area (Å²) >= 11 is 0. The van der Waals surface area contributed by atoms with Crippen molar-refractivity contribution < 1.29 is 29.3 Å². The maximum atomic E-state index is 14.2. The maximum absolute atomic E-state index is 14.2. The standard InChI is InChI=1S/C30H37NO6/c1-17-10-9-13-22-26(33)19(3)18(2)25-23(16-21-11-7-6-8-12-21)31-28(35)30(22,25)24(37-20(4)32)14-15-29(5,36)27(17)34/h6-9,11-15,17-18,22-26,33,36H,3,10,16H2,1-2,4-5H3,(H,31,35)/b13-9+,15-14+/t17-,18+,22-,23-,24+,25?,26+,29+,30?/m0/s1. The van der Waals surface area contributed by atoms with Gasteiger partial charge in [-0.05, 0) is 49.0 Å². The molecule has 198 valence electrons. The molecule has 1 aromatic rings. The summed E-state index contributed by atoms with van der Waals surface area (Å²) in [6, 6.07) is 9.49. The Balaban J connectivity index is 1.94. The van der Waals surface area contributed by atoms with Gasteiger partial charge in [0.15, 0.2) is 5.78 Å². The number of hydrogen-bond donors (Lipinski definition) is 3. The Morgan fingerprint density at radius 2 is 1.86 bits per heavy atom. The van der Waals surface area contributed by atoms with Crippen molar-refractivity contribution in [2.45, 2.75) is 64.4 Å². The first kappa shape index (κ1) is 27.0. The molecule has 1 aliphatic heterocycles. The molecule has 1 aromatic carbocycles. The summed E-state index contributed by atoms with van der Waals surface area (Å²) in [6.07, 6.45) is 5.01. The van der Waals surface area contributed by atoms with Crippen LogP contribution in [0.3, 0.4) is 0 Å². The number of ketones is 1. The SMILES string of the molecule is C=C1[C@@H](C)C2[C@H](Cc3ccccc3)NC(=O)C23[C@H](OC(C)=O)/C=C/[C@@](C)(O)C(=O)[C@@H](C)C/C=C/[C@H]3[C@@H]1O. The van der Waals surface area contributed by atoms with Crippen molar-refractivity contribution in [3.8, 4) is 0 Å². The van der Waals surface area contributed by atoms with Crippen LogP contribution in [0.15, 0.2) is 66.8 Å². The number of carbonyl (C=O) groups excluding carboxylic acids is 3. The quantitative estimate of drug-likeness (QED) is 0.428. The smallest absolute Gasteiger partial charge is 0.303 e. The van der Waals surface area contributed by atoms with Gasteiger partial charge < -0.3 is 20.3 Å². The fourth-order valence-corrected chi connectivity index (χ4v) is 6.68. The van der Waals surface area contributed by atoms with E-state index in [0.717, 1.165) is 5.56 Å². The van der Waals surface area contributed by atoms with Gasteiger partial charge in [0.2, 0.25) is 5.91 Å². The summed E-state index contributed by atoms with van der Waals surface area (Å²) in [7, 11) is 0. The Bertz CT molecular complexity index is 1140. The molecule has 7 heteroatoms. The zero-order valence-corrected chi connectivity index (χ0v) is 21.9. The Kier molecular flexibility index (Phi) is 7.32. The Hall–Kier alpha value is -3.03. The molecule has 1 heterocycles. The van der Waals surface area contributed by atoms with E-state index in [1.54, 1.807) is 19.1 Å². The van der Waals surface area contributed by atoms with Crippen LogP contribution in [0.5, 0.6) is 0 Å². The van der Waals surface area contributed by atoms with E-state index in [1.165, 1.54) is 26.0 Å². The van der Waals surface area contributed by atoms with Crippen LogP contribution < -0.4 is 5.32 Å². The molecule has 1 spiro atoms. The highest BCUT2D eigenvalue weighted by molar-refractivity contribution is 5.91. The number of esters is 1. The predicted octanol–water partition coefficient (Wildman–Crippen LogP) is 2.92. The molecule has 4 rings (SSSR count). The van der Waals surface area contributed by atoms with Crippen LogP contribution in [0.25, 0.3) is 0 Å². The topological polar surface area (TPSA) is 113 Å². The Morgan fingerprint density at radius 1 is 1.19 bits per heavy atom. The van der Waals surface area contributed by atoms with Crippen molar-refractivity contribution >= 4 is 17.7 Å². The highest BCUT2D eigenvalue weighted by atomic mass is 16.5. The number of allylic oxidation sites excluding steroid dienone is 1. The van der Waals surface area contributed by atoms with Crippen molar-refractivity contribution in [2.24, 2.45) is 29.1 Å². The van der Waals surface area contributed by atoms with Crippen LogP contribution >= 0.6 is 0 Å². The van der Waals surface area contributed by atoms with Crippen LogP contribution in [-0.4, -0.2) is 51.7 Å². The number of carbonyl (C=O) groups is 3. The summed E-state index contributed by atoms with van der Waals surface area (Å²) in [5, 5.41) is 25.7. The van der Waals surface area contributed by atoms with E-state index in [2.05, 4.69) is 11.9 Å². The fourth-order valence-electron chi connectivity index (χ4n) is 6.68. The molecule has 7 nitrogen and oxygen atoms in total. The van der Waals surface area contributed by atoms with Gasteiger partial charge in [-0.15, -0.1) is 0 Å². The number of aliphatic hydroxyl groups is 2. The first-order valence-corrected chi connectivity index (χ1v) is 12.9. The van der Waals surface area contributed by atoms with E-state index >= 15 is 0 Å². The summed E-state index contributed by atoms with van der Waals surface area (Å²) < 4.78 is 5.81. The van der Waals surface area contributed by atoms with E-state index in [1.807, 2.05) is 37.3 Å². The lowest BCUT2D eigenvalue weighted by molar-refractivity contribution is -0.166. The van der Waals surface area contributed by atoms with Crippen molar-refractivity contribution in [3.63, 3.8) is 0 Å². The van der Waals surface area contributed by atoms with Gasteiger partial charge in [-0.1, -0.05) is 62.9 Å². The van der Waals surface area contributed by atoms with Gasteiger partial charge in [0.1, 0.15) is 17.1 Å². The van der Waals surface area contributed by atoms with Crippen molar-refractivity contribution in [1.29, 1.82) is 0 Å². The molecule has 0 bridgehead atoms. The van der Waals surface area contributed by atoms with Gasteiger partial charge >= 0.3 is 5.97 Å². The van der Waals surface area contributed by atoms with Crippen molar-refractivity contribution in [2.75, 3.05) is 0 Å². The van der Waals surface area contributed by atoms with E-state index in [4.69, 9.17) is 4.74 Å². The highest BCUT2D eigenvalue weighted by Crippen LogP contribution is 2.58. The lowest BCUT2D eigenvalue weighted by Crippen LogP contribution is -2.60. The van der Waals surface area contributed by atoms with Crippen LogP contribution in [0, 0.1) is 29.1 Å². The molecule has 3 N–H and O–H groups in total. The minimum Gasteiger partial charge on any atom is -0.457 e. The third-order valence-corrected chi connectivity index (χ3v) is 8.53. The van der Waals surface area contributed by atoms with E-state index < -0.39 is 46.9 Å². The van der Waals surface area contributed by atoms with E-state index in [0.29, 0.717) is 18.4 Å². The average molecular weight is 508 g/mol. The molecule has 2 unspecified atom stereocenters. The number of amides is 1. The molecular formula is C30H37NO6. The van der Waals surface area contributed by atoms with Crippen molar-refractivity contribution in [3.05, 3.63) is 72.4 Å². The summed E-state index contributed by atoms with van der Waals surface area (Å²) in [6.45, 7) is 10.5. The maximum Gasteiger partial charge on any atom is 0.303 e. The summed E-state index contributed by atoms with van der Waals surface area (Å²) in [5.41, 5.74) is -1.55. The molecule has 0 radical (unpaired) electrons. The van der Waals surface area contributed by atoms with Gasteiger partial charge in [0.05, 0.1) is 6.10 Å². The fraction of sp³-hybridized carbons (Fsp3) is 0.500. The molecule has 0 aromatic heterocycles. The minimum absolute atomic E-state index is 0.287. The van der Waals surface area contributed by atoms with Gasteiger partial charge in [-0.3, -0.25) is 14.4 Å². The Labute approximate surface area is 218 Å². The predicted molar refractivity (Wildman–Crippen MR) is 139 cm³/mol. The first-order chi connectivity index (χ1) is 17.4. The van der Waals surface area contributed by atoms with Gasteiger partial charge in [-0.2, -0.15) is 0 Å². The normalized spacial score (nSPS) is 41.6. The monoisotopic (exact) mass is 507 g/mol. The zero-order valence-electron chi connectivity index (χ0n) is 21.9. The molecule has 1 amide bonds. The molecule has 9 atom stereocenters. The number of Topliss-reactive ketones (excluding diaryl/α,β-unsaturated/α-hetero) is 1.